The van der Waals surface area contributed by atoms with Gasteiger partial charge in [0.15, 0.2) is 0 Å². The molecule has 37 heavy (non-hydrogen) atoms. The monoisotopic (exact) mass is 534 g/mol. The minimum absolute atomic E-state index is 0.00558. The quantitative estimate of drug-likeness (QED) is 0.612. The molecule has 1 saturated heterocycles. The normalized spacial score (nSPS) is 23.3. The van der Waals surface area contributed by atoms with E-state index in [1.54, 1.807) is 43.1 Å². The maximum atomic E-state index is 13.7. The van der Waals surface area contributed by atoms with Crippen LogP contribution < -0.4 is 4.74 Å². The van der Waals surface area contributed by atoms with Crippen molar-refractivity contribution >= 4 is 15.9 Å². The van der Waals surface area contributed by atoms with Crippen molar-refractivity contribution in [3.8, 4) is 16.9 Å². The number of likely N-dealkylation sites (N-methyl/N-ethyl adjacent to an activating group) is 1. The first kappa shape index (κ1) is 27.5. The lowest BCUT2D eigenvalue weighted by molar-refractivity contribution is -0.138. The molecule has 0 radical (unpaired) electrons. The molecule has 3 atom stereocenters. The highest BCUT2D eigenvalue weighted by atomic mass is 32.2. The number of aliphatic hydroxyl groups excluding tert-OH is 1. The van der Waals surface area contributed by atoms with Crippen LogP contribution in [0.1, 0.15) is 26.7 Å². The van der Waals surface area contributed by atoms with Crippen molar-refractivity contribution in [3.05, 3.63) is 48.3 Å². The number of benzene rings is 2. The summed E-state index contributed by atoms with van der Waals surface area (Å²) in [6.07, 6.45) is 0.849. The van der Waals surface area contributed by atoms with Gasteiger partial charge in [-0.1, -0.05) is 25.1 Å². The van der Waals surface area contributed by atoms with Gasteiger partial charge in [0, 0.05) is 44.7 Å². The highest BCUT2D eigenvalue weighted by Crippen LogP contribution is 2.36. The Balaban J connectivity index is 1.71. The van der Waals surface area contributed by atoms with Crippen molar-refractivity contribution in [3.63, 3.8) is 0 Å². The number of aliphatic hydroxyl groups is 1. The van der Waals surface area contributed by atoms with Gasteiger partial charge >= 0.3 is 0 Å². The number of fused-ring (bicyclic) bond motifs is 1. The summed E-state index contributed by atoms with van der Waals surface area (Å²) >= 11 is 0. The molecule has 202 valence electrons. The predicted molar refractivity (Wildman–Crippen MR) is 137 cm³/mol. The Bertz CT molecular complexity index is 1200. The summed E-state index contributed by atoms with van der Waals surface area (Å²) in [6, 6.07) is 10.1. The molecule has 2 heterocycles. The van der Waals surface area contributed by atoms with E-state index >= 15 is 0 Å². The summed E-state index contributed by atoms with van der Waals surface area (Å²) in [5.41, 5.74) is 1.39. The number of carbonyl (C=O) groups is 1. The molecule has 10 heteroatoms. The first-order valence-electron chi connectivity index (χ1n) is 12.6. The Morgan fingerprint density at radius 3 is 2.46 bits per heavy atom. The number of sulfonamides is 1. The second kappa shape index (κ2) is 11.5. The van der Waals surface area contributed by atoms with Crippen LogP contribution in [0.3, 0.4) is 0 Å². The molecule has 0 aliphatic carbocycles. The fraction of sp³-hybridized carbons (Fsp3) is 0.519. The van der Waals surface area contributed by atoms with Gasteiger partial charge in [-0.05, 0) is 55.2 Å². The number of hydrogen-bond donors (Lipinski definition) is 1. The van der Waals surface area contributed by atoms with Crippen molar-refractivity contribution in [2.45, 2.75) is 43.7 Å². The predicted octanol–water partition coefficient (Wildman–Crippen LogP) is 3.15. The first-order chi connectivity index (χ1) is 17.6. The van der Waals surface area contributed by atoms with Crippen LogP contribution in [0.25, 0.3) is 11.1 Å². The van der Waals surface area contributed by atoms with E-state index in [1.807, 2.05) is 6.92 Å². The van der Waals surface area contributed by atoms with Gasteiger partial charge in [-0.25, -0.2) is 12.8 Å². The molecule has 0 unspecified atom stereocenters. The van der Waals surface area contributed by atoms with Gasteiger partial charge in [-0.2, -0.15) is 4.31 Å². The molecular formula is C27H35FN2O6S. The average molecular weight is 535 g/mol. The Morgan fingerprint density at radius 2 is 1.81 bits per heavy atom. The smallest absolute Gasteiger partial charge is 0.247 e. The van der Waals surface area contributed by atoms with Crippen molar-refractivity contribution in [2.24, 2.45) is 11.8 Å². The number of amides is 1. The van der Waals surface area contributed by atoms with Crippen LogP contribution in [-0.2, 0) is 19.6 Å². The zero-order chi connectivity index (χ0) is 26.7. The third kappa shape index (κ3) is 5.98. The van der Waals surface area contributed by atoms with Gasteiger partial charge in [0.25, 0.3) is 0 Å². The highest BCUT2D eigenvalue weighted by Gasteiger charge is 2.39. The summed E-state index contributed by atoms with van der Waals surface area (Å²) in [4.78, 5) is 14.8. The maximum absolute atomic E-state index is 13.7. The van der Waals surface area contributed by atoms with Gasteiger partial charge in [0.1, 0.15) is 22.6 Å². The van der Waals surface area contributed by atoms with Gasteiger partial charge in [-0.3, -0.25) is 4.79 Å². The van der Waals surface area contributed by atoms with Crippen molar-refractivity contribution in [2.75, 3.05) is 40.0 Å². The van der Waals surface area contributed by atoms with E-state index in [4.69, 9.17) is 9.47 Å². The Labute approximate surface area is 218 Å². The fourth-order valence-electron chi connectivity index (χ4n) is 4.88. The molecule has 1 amide bonds. The highest BCUT2D eigenvalue weighted by molar-refractivity contribution is 7.89. The van der Waals surface area contributed by atoms with Crippen LogP contribution in [0.4, 0.5) is 4.39 Å². The molecule has 2 aliphatic heterocycles. The number of ether oxygens (including phenoxy) is 2. The van der Waals surface area contributed by atoms with Crippen molar-refractivity contribution < 1.29 is 32.2 Å². The largest absolute Gasteiger partial charge is 0.487 e. The number of nitrogens with zero attached hydrogens (tertiary/aromatic N) is 2. The number of rotatable bonds is 6. The lowest BCUT2D eigenvalue weighted by Gasteiger charge is -2.38. The van der Waals surface area contributed by atoms with Gasteiger partial charge in [0.2, 0.25) is 15.9 Å². The fourth-order valence-corrected chi connectivity index (χ4v) is 6.71. The van der Waals surface area contributed by atoms with Crippen LogP contribution in [0.2, 0.25) is 0 Å². The molecule has 1 N–H and O–H groups in total. The second-order valence-corrected chi connectivity index (χ2v) is 11.9. The van der Waals surface area contributed by atoms with Crippen molar-refractivity contribution in [1.29, 1.82) is 0 Å². The van der Waals surface area contributed by atoms with Gasteiger partial charge in [-0.15, -0.1) is 0 Å². The molecule has 0 spiro atoms. The lowest BCUT2D eigenvalue weighted by atomic mass is 9.97. The summed E-state index contributed by atoms with van der Waals surface area (Å²) in [5, 5.41) is 9.83. The molecule has 4 rings (SSSR count). The SMILES string of the molecule is C[C@@H]1CN([C@H](C)CO)S(=O)(=O)c2ccc(-c3ccc(F)cc3)cc2O[C@@H]1CN(C)C(=O)C1CCOCC1. The Morgan fingerprint density at radius 1 is 1.16 bits per heavy atom. The van der Waals surface area contributed by atoms with Crippen LogP contribution in [0.5, 0.6) is 5.75 Å². The number of hydrogen-bond acceptors (Lipinski definition) is 6. The third-order valence-corrected chi connectivity index (χ3v) is 9.26. The van der Waals surface area contributed by atoms with E-state index in [0.717, 1.165) is 0 Å². The molecule has 2 aromatic carbocycles. The van der Waals surface area contributed by atoms with E-state index in [-0.39, 0.29) is 53.9 Å². The van der Waals surface area contributed by atoms with Crippen LogP contribution >= 0.6 is 0 Å². The second-order valence-electron chi connectivity index (χ2n) is 10.0. The van der Waals surface area contributed by atoms with Gasteiger partial charge < -0.3 is 19.5 Å². The number of carbonyl (C=O) groups excluding carboxylic acids is 1. The molecule has 0 saturated carbocycles. The number of halogens is 1. The molecule has 2 aliphatic rings. The molecule has 1 fully saturated rings. The average Bonchev–Trinajstić information content (AvgIpc) is 2.90. The van der Waals surface area contributed by atoms with E-state index in [1.165, 1.54) is 22.5 Å². The van der Waals surface area contributed by atoms with E-state index < -0.39 is 22.2 Å². The van der Waals surface area contributed by atoms with Gasteiger partial charge in [0.05, 0.1) is 13.2 Å². The first-order valence-corrected chi connectivity index (χ1v) is 14.1. The van der Waals surface area contributed by atoms with E-state index in [9.17, 15) is 22.7 Å². The minimum Gasteiger partial charge on any atom is -0.487 e. The minimum atomic E-state index is -3.98. The summed E-state index contributed by atoms with van der Waals surface area (Å²) in [5.74, 6) is -0.564. The lowest BCUT2D eigenvalue weighted by Crippen LogP contribution is -2.50. The molecule has 8 nitrogen and oxygen atoms in total. The summed E-state index contributed by atoms with van der Waals surface area (Å²) in [7, 11) is -2.24. The molecule has 2 aromatic rings. The van der Waals surface area contributed by atoms with Crippen LogP contribution in [0.15, 0.2) is 47.4 Å². The molecular weight excluding hydrogens is 499 g/mol. The molecule has 0 aromatic heterocycles. The topological polar surface area (TPSA) is 96.4 Å². The Hall–Kier alpha value is -2.53. The summed E-state index contributed by atoms with van der Waals surface area (Å²) in [6.45, 7) is 4.75. The van der Waals surface area contributed by atoms with E-state index in [2.05, 4.69) is 0 Å². The van der Waals surface area contributed by atoms with E-state index in [0.29, 0.717) is 37.2 Å². The maximum Gasteiger partial charge on any atom is 0.247 e. The molecule has 0 bridgehead atoms. The van der Waals surface area contributed by atoms with Crippen molar-refractivity contribution in [1.82, 2.24) is 9.21 Å². The standard InChI is InChI=1S/C27H35FN2O6S/c1-18-15-30(19(2)17-31)37(33,34)26-9-6-22(20-4-7-23(28)8-5-20)14-24(26)36-25(18)16-29(3)27(32)21-10-12-35-13-11-21/h4-9,14,18-19,21,25,31H,10-13,15-17H2,1-3H3/t18-,19-,25-/m1/s1. The third-order valence-electron chi connectivity index (χ3n) is 7.25. The summed E-state index contributed by atoms with van der Waals surface area (Å²) < 4.78 is 53.9. The van der Waals surface area contributed by atoms with Crippen LogP contribution in [-0.4, -0.2) is 80.7 Å². The van der Waals surface area contributed by atoms with Crippen LogP contribution in [0, 0.1) is 17.7 Å². The zero-order valence-corrected chi connectivity index (χ0v) is 22.3. The zero-order valence-electron chi connectivity index (χ0n) is 21.5. The Kier molecular flexibility index (Phi) is 8.52.